The van der Waals surface area contributed by atoms with Crippen molar-refractivity contribution in [1.29, 1.82) is 0 Å². The molecule has 0 aliphatic heterocycles. The van der Waals surface area contributed by atoms with E-state index in [1.165, 1.54) is 0 Å². The van der Waals surface area contributed by atoms with Crippen LogP contribution >= 0.6 is 7.60 Å². The van der Waals surface area contributed by atoms with E-state index in [0.29, 0.717) is 6.42 Å². The van der Waals surface area contributed by atoms with Gasteiger partial charge in [-0.15, -0.1) is 0 Å². The number of benzene rings is 1. The highest BCUT2D eigenvalue weighted by molar-refractivity contribution is 7.52. The van der Waals surface area contributed by atoms with E-state index in [0.717, 1.165) is 16.5 Å². The number of halogens is 3. The molecular weight excluding hydrogens is 376 g/mol. The molecule has 0 amide bonds. The van der Waals surface area contributed by atoms with Gasteiger partial charge in [-0.1, -0.05) is 22.9 Å². The predicted molar refractivity (Wildman–Crippen MR) is 84.0 cm³/mol. The normalized spacial score (nSPS) is 13.6. The zero-order valence-corrected chi connectivity index (χ0v) is 15.0. The third-order valence-corrected chi connectivity index (χ3v) is 4.53. The van der Waals surface area contributed by atoms with Gasteiger partial charge in [0.05, 0.1) is 12.8 Å². The van der Waals surface area contributed by atoms with Crippen LogP contribution in [-0.2, 0) is 27.4 Å². The Hall–Kier alpha value is -2.03. The summed E-state index contributed by atoms with van der Waals surface area (Å²) in [4.78, 5) is 18.4. The third kappa shape index (κ3) is 7.07. The van der Waals surface area contributed by atoms with Gasteiger partial charge in [0, 0.05) is 10.9 Å². The van der Waals surface area contributed by atoms with Gasteiger partial charge in [0.25, 0.3) is 0 Å². The van der Waals surface area contributed by atoms with Crippen molar-refractivity contribution < 1.29 is 41.7 Å². The van der Waals surface area contributed by atoms with Gasteiger partial charge in [0.2, 0.25) is 0 Å². The van der Waals surface area contributed by atoms with Crippen molar-refractivity contribution in [2.75, 3.05) is 12.8 Å². The number of carboxylic acid groups (broad SMARTS) is 1. The summed E-state index contributed by atoms with van der Waals surface area (Å²) < 4.78 is 49.9. The molecular formula is C15H18F3N2O5P. The SMILES string of the molecule is CCOP(=O)(O)CCc1c[n+](C)nc2ccccc12.O=C([O-])C(F)(F)F. The second-order valence-corrected chi connectivity index (χ2v) is 7.14. The number of carboxylic acids is 1. The molecule has 0 radical (unpaired) electrons. The number of fused-ring (bicyclic) bond motifs is 1. The Bertz CT molecular complexity index is 813. The van der Waals surface area contributed by atoms with Crippen molar-refractivity contribution in [2.24, 2.45) is 7.05 Å². The maximum absolute atomic E-state index is 11.7. The molecule has 26 heavy (non-hydrogen) atoms. The van der Waals surface area contributed by atoms with E-state index >= 15 is 0 Å². The lowest BCUT2D eigenvalue weighted by molar-refractivity contribution is -0.728. The molecule has 2 aromatic rings. The van der Waals surface area contributed by atoms with Gasteiger partial charge in [-0.05, 0) is 24.5 Å². The maximum atomic E-state index is 11.7. The van der Waals surface area contributed by atoms with Gasteiger partial charge in [-0.2, -0.15) is 13.2 Å². The summed E-state index contributed by atoms with van der Waals surface area (Å²) in [5, 5.41) is 14.2. The van der Waals surface area contributed by atoms with Crippen LogP contribution < -0.4 is 9.79 Å². The number of hydrogen-bond acceptors (Lipinski definition) is 5. The second kappa shape index (κ2) is 9.07. The lowest BCUT2D eigenvalue weighted by atomic mass is 10.1. The molecule has 1 N–H and O–H groups in total. The molecule has 1 unspecified atom stereocenters. The van der Waals surface area contributed by atoms with Crippen LogP contribution in [0.1, 0.15) is 12.5 Å². The third-order valence-electron chi connectivity index (χ3n) is 3.08. The summed E-state index contributed by atoms with van der Waals surface area (Å²) in [7, 11) is -1.64. The standard InChI is InChI=1S/C13H17N2O3P.C2HF3O2/c1-3-18-19(16,17)9-8-11-10-15(2)14-13-7-5-4-6-12(11)13;3-2(4,5)1(6)7/h4-7,10H,3,8-9H2,1-2H3;(H,6,7). The molecule has 11 heteroatoms. The molecule has 0 saturated carbocycles. The summed E-state index contributed by atoms with van der Waals surface area (Å²) in [5.41, 5.74) is 1.88. The van der Waals surface area contributed by atoms with Crippen molar-refractivity contribution in [2.45, 2.75) is 19.5 Å². The minimum Gasteiger partial charge on any atom is -0.542 e. The molecule has 0 fully saturated rings. The van der Waals surface area contributed by atoms with E-state index in [1.54, 1.807) is 11.6 Å². The zero-order valence-electron chi connectivity index (χ0n) is 14.1. The molecule has 0 spiro atoms. The number of hydrogen-bond donors (Lipinski definition) is 1. The van der Waals surface area contributed by atoms with Gasteiger partial charge in [0.1, 0.15) is 11.5 Å². The van der Waals surface area contributed by atoms with Gasteiger partial charge in [-0.25, -0.2) is 0 Å². The van der Waals surface area contributed by atoms with E-state index in [9.17, 15) is 22.6 Å². The highest BCUT2D eigenvalue weighted by Gasteiger charge is 2.28. The zero-order chi connectivity index (χ0) is 20.0. The molecule has 0 aliphatic carbocycles. The molecule has 2 rings (SSSR count). The van der Waals surface area contributed by atoms with E-state index in [4.69, 9.17) is 14.4 Å². The van der Waals surface area contributed by atoms with E-state index < -0.39 is 19.7 Å². The number of alkyl halides is 3. The first-order valence-corrected chi connectivity index (χ1v) is 9.21. The largest absolute Gasteiger partial charge is 0.542 e. The average molecular weight is 394 g/mol. The number of rotatable bonds is 5. The Morgan fingerprint density at radius 1 is 1.38 bits per heavy atom. The van der Waals surface area contributed by atoms with Crippen molar-refractivity contribution in [3.05, 3.63) is 36.0 Å². The fraction of sp³-hybridized carbons (Fsp3) is 0.400. The van der Waals surface area contributed by atoms with Gasteiger partial charge in [0.15, 0.2) is 13.2 Å². The predicted octanol–water partition coefficient (Wildman–Crippen LogP) is 1.12. The molecule has 7 nitrogen and oxygen atoms in total. The van der Waals surface area contributed by atoms with E-state index in [2.05, 4.69) is 5.10 Å². The van der Waals surface area contributed by atoms with Gasteiger partial charge >= 0.3 is 13.8 Å². The number of aryl methyl sites for hydroxylation is 2. The topological polar surface area (TPSA) is 103 Å². The monoisotopic (exact) mass is 394 g/mol. The van der Waals surface area contributed by atoms with Gasteiger partial charge < -0.3 is 19.3 Å². The molecule has 1 heterocycles. The van der Waals surface area contributed by atoms with Crippen LogP contribution in [-0.4, -0.2) is 34.9 Å². The number of nitrogens with zero attached hydrogens (tertiary/aromatic N) is 2. The molecule has 1 aromatic heterocycles. The Balaban J connectivity index is 0.000000412. The molecule has 1 aromatic carbocycles. The minimum atomic E-state index is -5.19. The van der Waals surface area contributed by atoms with Crippen LogP contribution in [0, 0.1) is 0 Å². The lowest BCUT2D eigenvalue weighted by Gasteiger charge is -2.10. The Kier molecular flexibility index (Phi) is 7.68. The number of aromatic nitrogens is 2. The minimum absolute atomic E-state index is 0.120. The number of carbonyl (C=O) groups is 1. The molecule has 0 aliphatic rings. The highest BCUT2D eigenvalue weighted by Crippen LogP contribution is 2.42. The Labute approximate surface area is 147 Å². The first kappa shape index (κ1) is 22.0. The first-order valence-electron chi connectivity index (χ1n) is 7.45. The second-order valence-electron chi connectivity index (χ2n) is 5.16. The van der Waals surface area contributed by atoms with Crippen molar-refractivity contribution >= 4 is 24.5 Å². The van der Waals surface area contributed by atoms with Crippen LogP contribution in [0.4, 0.5) is 13.2 Å². The van der Waals surface area contributed by atoms with Crippen LogP contribution in [0.2, 0.25) is 0 Å². The Morgan fingerprint density at radius 3 is 2.50 bits per heavy atom. The van der Waals surface area contributed by atoms with E-state index in [1.807, 2.05) is 37.5 Å². The summed E-state index contributed by atoms with van der Waals surface area (Å²) in [5.74, 6) is -3.01. The summed E-state index contributed by atoms with van der Waals surface area (Å²) in [6, 6.07) is 7.77. The fourth-order valence-corrected chi connectivity index (χ4v) is 3.11. The van der Waals surface area contributed by atoms with Crippen LogP contribution in [0.3, 0.4) is 0 Å². The molecule has 0 bridgehead atoms. The fourth-order valence-electron chi connectivity index (χ4n) is 2.05. The van der Waals surface area contributed by atoms with Crippen molar-refractivity contribution in [3.63, 3.8) is 0 Å². The summed E-state index contributed by atoms with van der Waals surface area (Å²) in [6.07, 6.45) is -2.70. The van der Waals surface area contributed by atoms with Crippen LogP contribution in [0.15, 0.2) is 30.5 Å². The maximum Gasteiger partial charge on any atom is 0.430 e. The number of aliphatic carboxylic acids is 1. The smallest absolute Gasteiger partial charge is 0.430 e. The number of carbonyl (C=O) groups excluding carboxylic acids is 1. The summed E-state index contributed by atoms with van der Waals surface area (Å²) in [6.45, 7) is 1.96. The van der Waals surface area contributed by atoms with Crippen molar-refractivity contribution in [3.8, 4) is 0 Å². The lowest BCUT2D eigenvalue weighted by Crippen LogP contribution is -2.37. The Morgan fingerprint density at radius 2 is 1.96 bits per heavy atom. The summed E-state index contributed by atoms with van der Waals surface area (Å²) >= 11 is 0. The van der Waals surface area contributed by atoms with Crippen LogP contribution in [0.25, 0.3) is 10.9 Å². The molecule has 0 saturated heterocycles. The van der Waals surface area contributed by atoms with E-state index in [-0.39, 0.29) is 12.8 Å². The molecule has 144 valence electrons. The molecule has 1 atom stereocenters. The van der Waals surface area contributed by atoms with Crippen LogP contribution in [0.5, 0.6) is 0 Å². The van der Waals surface area contributed by atoms with Crippen molar-refractivity contribution in [1.82, 2.24) is 5.10 Å². The quantitative estimate of drug-likeness (QED) is 0.602. The average Bonchev–Trinajstić information content (AvgIpc) is 2.52. The highest BCUT2D eigenvalue weighted by atomic mass is 31.2. The van der Waals surface area contributed by atoms with Gasteiger partial charge in [-0.3, -0.25) is 4.57 Å². The first-order chi connectivity index (χ1) is 12.0.